The summed E-state index contributed by atoms with van der Waals surface area (Å²) < 4.78 is 10.7. The zero-order valence-electron chi connectivity index (χ0n) is 19.7. The van der Waals surface area contributed by atoms with Crippen molar-refractivity contribution in [3.8, 4) is 22.8 Å². The second kappa shape index (κ2) is 12.4. The van der Waals surface area contributed by atoms with Gasteiger partial charge >= 0.3 is 0 Å². The van der Waals surface area contributed by atoms with Crippen LogP contribution in [-0.2, 0) is 9.59 Å². The van der Waals surface area contributed by atoms with Crippen molar-refractivity contribution in [2.45, 2.75) is 43.3 Å². The van der Waals surface area contributed by atoms with Crippen LogP contribution in [0.3, 0.4) is 0 Å². The molecule has 0 spiro atoms. The van der Waals surface area contributed by atoms with Gasteiger partial charge in [-0.15, -0.1) is 23.1 Å². The standard InChI is InChI=1S/C25H29N3O4S2/c1-5-8-23(29)26-17-9-7-10-18(14-17)34-22(6-2)24(30)28-25-27-19(15-33-25)16-11-12-20(31-3)21(13-16)32-4/h7,9-15,22H,5-6,8H2,1-4H3,(H,26,29)(H,27,28,30). The van der Waals surface area contributed by atoms with E-state index in [1.807, 2.05) is 61.7 Å². The molecule has 0 aliphatic rings. The summed E-state index contributed by atoms with van der Waals surface area (Å²) in [6.07, 6.45) is 1.93. The molecular weight excluding hydrogens is 470 g/mol. The molecule has 3 rings (SSSR count). The zero-order chi connectivity index (χ0) is 24.5. The Kier molecular flexibility index (Phi) is 9.35. The van der Waals surface area contributed by atoms with Crippen molar-refractivity contribution in [2.75, 3.05) is 24.9 Å². The fourth-order valence-electron chi connectivity index (χ4n) is 3.23. The van der Waals surface area contributed by atoms with Gasteiger partial charge in [-0.25, -0.2) is 4.98 Å². The molecule has 1 heterocycles. The van der Waals surface area contributed by atoms with Crippen molar-refractivity contribution < 1.29 is 19.1 Å². The number of nitrogens with zero attached hydrogens (tertiary/aromatic N) is 1. The molecule has 2 aromatic carbocycles. The van der Waals surface area contributed by atoms with Gasteiger partial charge in [0.2, 0.25) is 11.8 Å². The zero-order valence-corrected chi connectivity index (χ0v) is 21.3. The molecule has 1 aromatic heterocycles. The van der Waals surface area contributed by atoms with Gasteiger partial charge in [-0.05, 0) is 49.2 Å². The number of carbonyl (C=O) groups excluding carboxylic acids is 2. The summed E-state index contributed by atoms with van der Waals surface area (Å²) in [7, 11) is 3.18. The predicted molar refractivity (Wildman–Crippen MR) is 139 cm³/mol. The van der Waals surface area contributed by atoms with Crippen molar-refractivity contribution in [3.63, 3.8) is 0 Å². The topological polar surface area (TPSA) is 89.6 Å². The number of thiazole rings is 1. The molecule has 0 radical (unpaired) electrons. The van der Waals surface area contributed by atoms with E-state index in [2.05, 4.69) is 15.6 Å². The van der Waals surface area contributed by atoms with E-state index in [-0.39, 0.29) is 17.1 Å². The normalized spacial score (nSPS) is 11.5. The Morgan fingerprint density at radius 1 is 1.06 bits per heavy atom. The maximum Gasteiger partial charge on any atom is 0.239 e. The molecule has 0 aliphatic heterocycles. The first kappa shape index (κ1) is 25.6. The highest BCUT2D eigenvalue weighted by atomic mass is 32.2. The number of hydrogen-bond acceptors (Lipinski definition) is 7. The van der Waals surface area contributed by atoms with Gasteiger partial charge in [0, 0.05) is 27.9 Å². The number of ether oxygens (including phenoxy) is 2. The van der Waals surface area contributed by atoms with Crippen molar-refractivity contribution in [1.29, 1.82) is 0 Å². The number of methoxy groups -OCH3 is 2. The van der Waals surface area contributed by atoms with E-state index in [4.69, 9.17) is 9.47 Å². The average molecular weight is 500 g/mol. The van der Waals surface area contributed by atoms with Crippen LogP contribution < -0.4 is 20.1 Å². The number of nitrogens with one attached hydrogen (secondary N) is 2. The summed E-state index contributed by atoms with van der Waals surface area (Å²) in [6.45, 7) is 3.94. The first-order chi connectivity index (χ1) is 16.5. The monoisotopic (exact) mass is 499 g/mol. The summed E-state index contributed by atoms with van der Waals surface area (Å²) >= 11 is 2.84. The van der Waals surface area contributed by atoms with E-state index in [0.29, 0.717) is 29.5 Å². The van der Waals surface area contributed by atoms with Gasteiger partial charge in [0.25, 0.3) is 0 Å². The Balaban J connectivity index is 1.66. The maximum atomic E-state index is 13.0. The lowest BCUT2D eigenvalue weighted by molar-refractivity contribution is -0.116. The van der Waals surface area contributed by atoms with E-state index >= 15 is 0 Å². The van der Waals surface area contributed by atoms with Gasteiger partial charge < -0.3 is 20.1 Å². The van der Waals surface area contributed by atoms with Crippen LogP contribution in [0.2, 0.25) is 0 Å². The fraction of sp³-hybridized carbons (Fsp3) is 0.320. The van der Waals surface area contributed by atoms with Gasteiger partial charge in [-0.2, -0.15) is 0 Å². The second-order valence-corrected chi connectivity index (χ2v) is 9.57. The molecule has 0 saturated carbocycles. The summed E-state index contributed by atoms with van der Waals surface area (Å²) in [5.41, 5.74) is 2.36. The molecule has 2 amide bonds. The fourth-order valence-corrected chi connectivity index (χ4v) is 4.97. The van der Waals surface area contributed by atoms with Crippen LogP contribution in [0.5, 0.6) is 11.5 Å². The van der Waals surface area contributed by atoms with E-state index in [0.717, 1.165) is 28.3 Å². The Bertz CT molecular complexity index is 1130. The van der Waals surface area contributed by atoms with Crippen LogP contribution in [0.25, 0.3) is 11.3 Å². The van der Waals surface area contributed by atoms with Crippen LogP contribution in [-0.4, -0.2) is 36.3 Å². The number of benzene rings is 2. The third kappa shape index (κ3) is 6.74. The molecule has 0 saturated heterocycles. The smallest absolute Gasteiger partial charge is 0.239 e. The Morgan fingerprint density at radius 3 is 2.56 bits per heavy atom. The molecule has 3 aromatic rings. The van der Waals surface area contributed by atoms with Gasteiger partial charge in [0.1, 0.15) is 0 Å². The minimum absolute atomic E-state index is 0.0107. The second-order valence-electron chi connectivity index (χ2n) is 7.44. The molecule has 7 nitrogen and oxygen atoms in total. The van der Waals surface area contributed by atoms with E-state index in [1.165, 1.54) is 23.1 Å². The Hall–Kier alpha value is -3.04. The van der Waals surface area contributed by atoms with Crippen molar-refractivity contribution >= 4 is 45.7 Å². The van der Waals surface area contributed by atoms with Crippen LogP contribution in [0.4, 0.5) is 10.8 Å². The molecule has 0 aliphatic carbocycles. The number of carbonyl (C=O) groups is 2. The number of thioether (sulfide) groups is 1. The number of hydrogen-bond donors (Lipinski definition) is 2. The molecule has 1 unspecified atom stereocenters. The number of aromatic nitrogens is 1. The van der Waals surface area contributed by atoms with Crippen molar-refractivity contribution in [2.24, 2.45) is 0 Å². The lowest BCUT2D eigenvalue weighted by Gasteiger charge is -2.14. The van der Waals surface area contributed by atoms with Gasteiger partial charge in [-0.1, -0.05) is 19.9 Å². The average Bonchev–Trinajstić information content (AvgIpc) is 3.30. The third-order valence-corrected chi connectivity index (χ3v) is 7.07. The van der Waals surface area contributed by atoms with Crippen LogP contribution in [0, 0.1) is 0 Å². The van der Waals surface area contributed by atoms with Gasteiger partial charge in [0.05, 0.1) is 25.2 Å². The van der Waals surface area contributed by atoms with Crippen LogP contribution >= 0.6 is 23.1 Å². The summed E-state index contributed by atoms with van der Waals surface area (Å²) in [5.74, 6) is 1.14. The number of amides is 2. The van der Waals surface area contributed by atoms with Crippen LogP contribution in [0.15, 0.2) is 52.7 Å². The van der Waals surface area contributed by atoms with Gasteiger partial charge in [-0.3, -0.25) is 9.59 Å². The van der Waals surface area contributed by atoms with Crippen molar-refractivity contribution in [3.05, 3.63) is 47.8 Å². The molecule has 0 fully saturated rings. The third-order valence-electron chi connectivity index (χ3n) is 4.95. The molecule has 1 atom stereocenters. The lowest BCUT2D eigenvalue weighted by Crippen LogP contribution is -2.24. The van der Waals surface area contributed by atoms with E-state index < -0.39 is 0 Å². The molecular formula is C25H29N3O4S2. The highest BCUT2D eigenvalue weighted by Gasteiger charge is 2.20. The van der Waals surface area contributed by atoms with Crippen LogP contribution in [0.1, 0.15) is 33.1 Å². The summed E-state index contributed by atoms with van der Waals surface area (Å²) in [5, 5.41) is 7.98. The molecule has 9 heteroatoms. The summed E-state index contributed by atoms with van der Waals surface area (Å²) in [4.78, 5) is 30.3. The summed E-state index contributed by atoms with van der Waals surface area (Å²) in [6, 6.07) is 13.2. The number of anilines is 2. The Labute approximate surface area is 208 Å². The SMILES string of the molecule is CCCC(=O)Nc1cccc(SC(CC)C(=O)Nc2nc(-c3ccc(OC)c(OC)c3)cs2)c1. The molecule has 2 N–H and O–H groups in total. The quantitative estimate of drug-likeness (QED) is 0.311. The molecule has 0 bridgehead atoms. The highest BCUT2D eigenvalue weighted by Crippen LogP contribution is 2.34. The van der Waals surface area contributed by atoms with E-state index in [9.17, 15) is 9.59 Å². The molecule has 180 valence electrons. The van der Waals surface area contributed by atoms with E-state index in [1.54, 1.807) is 14.2 Å². The lowest BCUT2D eigenvalue weighted by atomic mass is 10.1. The van der Waals surface area contributed by atoms with Crippen molar-refractivity contribution in [1.82, 2.24) is 4.98 Å². The highest BCUT2D eigenvalue weighted by molar-refractivity contribution is 8.00. The minimum atomic E-state index is -0.296. The minimum Gasteiger partial charge on any atom is -0.493 e. The maximum absolute atomic E-state index is 13.0. The first-order valence-electron chi connectivity index (χ1n) is 11.0. The van der Waals surface area contributed by atoms with Gasteiger partial charge in [0.15, 0.2) is 16.6 Å². The molecule has 34 heavy (non-hydrogen) atoms. The predicted octanol–water partition coefficient (Wildman–Crippen LogP) is 6.08. The first-order valence-corrected chi connectivity index (χ1v) is 12.8. The largest absolute Gasteiger partial charge is 0.493 e. The number of rotatable bonds is 11. The Morgan fingerprint density at radius 2 is 1.85 bits per heavy atom.